The maximum atomic E-state index is 12.5. The van der Waals surface area contributed by atoms with Crippen LogP contribution in [0.5, 0.6) is 0 Å². The average Bonchev–Trinajstić information content (AvgIpc) is 3.12. The first-order valence-corrected chi connectivity index (χ1v) is 10.1. The molecule has 0 saturated carbocycles. The van der Waals surface area contributed by atoms with Gasteiger partial charge < -0.3 is 10.2 Å². The van der Waals surface area contributed by atoms with Crippen molar-refractivity contribution in [3.8, 4) is 0 Å². The van der Waals surface area contributed by atoms with Crippen LogP contribution in [0.2, 0.25) is 0 Å². The van der Waals surface area contributed by atoms with Gasteiger partial charge in [0.1, 0.15) is 0 Å². The normalized spacial score (nSPS) is 13.1. The van der Waals surface area contributed by atoms with Crippen molar-refractivity contribution in [2.45, 2.75) is 39.0 Å². The molecule has 0 radical (unpaired) electrons. The van der Waals surface area contributed by atoms with Crippen LogP contribution in [0.1, 0.15) is 45.8 Å². The van der Waals surface area contributed by atoms with E-state index in [4.69, 9.17) is 0 Å². The highest BCUT2D eigenvalue weighted by molar-refractivity contribution is 7.14. The second-order valence-electron chi connectivity index (χ2n) is 6.71. The Labute approximate surface area is 163 Å². The van der Waals surface area contributed by atoms with Crippen molar-refractivity contribution < 1.29 is 14.4 Å². The molecule has 27 heavy (non-hydrogen) atoms. The molecule has 0 unspecified atom stereocenters. The highest BCUT2D eigenvalue weighted by Gasteiger charge is 2.21. The van der Waals surface area contributed by atoms with Gasteiger partial charge in [-0.2, -0.15) is 0 Å². The van der Waals surface area contributed by atoms with Gasteiger partial charge in [0.05, 0.1) is 4.88 Å². The molecular formula is C21H24N2O3S. The Balaban J connectivity index is 1.41. The molecule has 1 aliphatic rings. The fourth-order valence-corrected chi connectivity index (χ4v) is 4.09. The smallest absolute Gasteiger partial charge is 0.228 e. The van der Waals surface area contributed by atoms with E-state index < -0.39 is 0 Å². The van der Waals surface area contributed by atoms with E-state index in [0.717, 1.165) is 30.0 Å². The summed E-state index contributed by atoms with van der Waals surface area (Å²) >= 11 is 1.45. The molecule has 0 fully saturated rings. The van der Waals surface area contributed by atoms with E-state index in [1.165, 1.54) is 16.9 Å². The molecule has 0 saturated heterocycles. The molecule has 2 amide bonds. The Morgan fingerprint density at radius 1 is 1.07 bits per heavy atom. The summed E-state index contributed by atoms with van der Waals surface area (Å²) in [5, 5.41) is 2.75. The van der Waals surface area contributed by atoms with Gasteiger partial charge in [-0.1, -0.05) is 18.2 Å². The summed E-state index contributed by atoms with van der Waals surface area (Å²) in [6, 6.07) is 11.7. The van der Waals surface area contributed by atoms with Gasteiger partial charge in [0.2, 0.25) is 11.8 Å². The quantitative estimate of drug-likeness (QED) is 0.743. The third kappa shape index (κ3) is 5.04. The number of nitrogens with one attached hydrogen (secondary N) is 1. The molecule has 1 aromatic carbocycles. The van der Waals surface area contributed by atoms with Crippen molar-refractivity contribution >= 4 is 34.6 Å². The zero-order valence-corrected chi connectivity index (χ0v) is 16.3. The van der Waals surface area contributed by atoms with Crippen LogP contribution in [-0.2, 0) is 16.0 Å². The number of amides is 2. The molecule has 0 atom stereocenters. The lowest BCUT2D eigenvalue weighted by molar-refractivity contribution is -0.121. The van der Waals surface area contributed by atoms with E-state index in [2.05, 4.69) is 11.4 Å². The highest BCUT2D eigenvalue weighted by Crippen LogP contribution is 2.27. The molecule has 1 aliphatic heterocycles. The third-order valence-corrected chi connectivity index (χ3v) is 5.71. The summed E-state index contributed by atoms with van der Waals surface area (Å²) in [6.45, 7) is 2.97. The predicted molar refractivity (Wildman–Crippen MR) is 107 cm³/mol. The fourth-order valence-electron chi connectivity index (χ4n) is 3.26. The first-order chi connectivity index (χ1) is 13.0. The van der Waals surface area contributed by atoms with E-state index in [1.807, 2.05) is 36.1 Å². The number of rotatable bonds is 7. The van der Waals surface area contributed by atoms with Gasteiger partial charge in [0, 0.05) is 42.9 Å². The van der Waals surface area contributed by atoms with E-state index in [-0.39, 0.29) is 36.9 Å². The minimum Gasteiger partial charge on any atom is -0.356 e. The van der Waals surface area contributed by atoms with E-state index >= 15 is 0 Å². The number of carbonyl (C=O) groups is 3. The lowest BCUT2D eigenvalue weighted by atomic mass is 10.0. The van der Waals surface area contributed by atoms with Gasteiger partial charge in [0.15, 0.2) is 5.78 Å². The van der Waals surface area contributed by atoms with Crippen LogP contribution in [0.15, 0.2) is 36.4 Å². The van der Waals surface area contributed by atoms with Crippen LogP contribution in [-0.4, -0.2) is 30.7 Å². The van der Waals surface area contributed by atoms with Crippen LogP contribution >= 0.6 is 11.3 Å². The number of hydrogen-bond acceptors (Lipinski definition) is 4. The maximum absolute atomic E-state index is 12.5. The minimum atomic E-state index is -0.191. The first-order valence-electron chi connectivity index (χ1n) is 9.29. The standard InChI is InChI=1S/C21H24N2O3S/c1-15-8-10-19(27-15)18(24)9-11-20(25)22-13-12-21(26)23-14-4-6-16-5-2-3-7-17(16)23/h2-3,5,7-8,10H,4,6,9,11-14H2,1H3,(H,22,25). The van der Waals surface area contributed by atoms with Crippen molar-refractivity contribution in [1.29, 1.82) is 0 Å². The summed E-state index contributed by atoms with van der Waals surface area (Å²) in [5.41, 5.74) is 2.18. The number of nitrogens with zero attached hydrogens (tertiary/aromatic N) is 1. The fraction of sp³-hybridized carbons (Fsp3) is 0.381. The molecule has 0 aliphatic carbocycles. The van der Waals surface area contributed by atoms with E-state index in [0.29, 0.717) is 11.4 Å². The van der Waals surface area contributed by atoms with Crippen LogP contribution in [0.3, 0.4) is 0 Å². The Bertz CT molecular complexity index is 843. The van der Waals surface area contributed by atoms with Crippen molar-refractivity contribution in [3.05, 3.63) is 51.7 Å². The van der Waals surface area contributed by atoms with Gasteiger partial charge in [-0.3, -0.25) is 14.4 Å². The predicted octanol–water partition coefficient (Wildman–Crippen LogP) is 3.51. The highest BCUT2D eigenvalue weighted by atomic mass is 32.1. The Morgan fingerprint density at radius 3 is 2.67 bits per heavy atom. The number of ketones is 1. The summed E-state index contributed by atoms with van der Waals surface area (Å²) in [6.07, 6.45) is 2.56. The van der Waals surface area contributed by atoms with Crippen LogP contribution in [0, 0.1) is 6.92 Å². The zero-order valence-electron chi connectivity index (χ0n) is 15.5. The molecule has 2 heterocycles. The van der Waals surface area contributed by atoms with Gasteiger partial charge in [-0.25, -0.2) is 0 Å². The number of thiophene rings is 1. The number of benzene rings is 1. The van der Waals surface area contributed by atoms with Gasteiger partial charge in [0.25, 0.3) is 0 Å². The third-order valence-electron chi connectivity index (χ3n) is 4.67. The molecule has 5 nitrogen and oxygen atoms in total. The number of hydrogen-bond donors (Lipinski definition) is 1. The summed E-state index contributed by atoms with van der Waals surface area (Å²) < 4.78 is 0. The van der Waals surface area contributed by atoms with Gasteiger partial charge in [-0.05, 0) is 43.5 Å². The van der Waals surface area contributed by atoms with Crippen LogP contribution < -0.4 is 10.2 Å². The van der Waals surface area contributed by atoms with Crippen LogP contribution in [0.25, 0.3) is 0 Å². The molecule has 3 rings (SSSR count). The Hall–Kier alpha value is -2.47. The largest absolute Gasteiger partial charge is 0.356 e. The molecule has 2 aromatic rings. The molecule has 142 valence electrons. The molecule has 1 aromatic heterocycles. The number of fused-ring (bicyclic) bond motifs is 1. The van der Waals surface area contributed by atoms with Crippen molar-refractivity contribution in [2.75, 3.05) is 18.0 Å². The van der Waals surface area contributed by atoms with Crippen LogP contribution in [0.4, 0.5) is 5.69 Å². The summed E-state index contributed by atoms with van der Waals surface area (Å²) in [5.74, 6) is -0.180. The summed E-state index contributed by atoms with van der Waals surface area (Å²) in [4.78, 5) is 40.1. The molecule has 0 spiro atoms. The zero-order chi connectivity index (χ0) is 19.2. The van der Waals surface area contributed by atoms with Crippen molar-refractivity contribution in [1.82, 2.24) is 5.32 Å². The van der Waals surface area contributed by atoms with E-state index in [9.17, 15) is 14.4 Å². The minimum absolute atomic E-state index is 0.00995. The van der Waals surface area contributed by atoms with Crippen molar-refractivity contribution in [2.24, 2.45) is 0 Å². The Kier molecular flexibility index (Phi) is 6.40. The number of para-hydroxylation sites is 1. The topological polar surface area (TPSA) is 66.5 Å². The van der Waals surface area contributed by atoms with Gasteiger partial charge >= 0.3 is 0 Å². The number of aryl methyl sites for hydroxylation is 2. The second-order valence-corrected chi connectivity index (χ2v) is 8.00. The van der Waals surface area contributed by atoms with Crippen molar-refractivity contribution in [3.63, 3.8) is 0 Å². The molecular weight excluding hydrogens is 360 g/mol. The lowest BCUT2D eigenvalue weighted by Crippen LogP contribution is -2.37. The molecule has 0 bridgehead atoms. The number of carbonyl (C=O) groups excluding carboxylic acids is 3. The molecule has 6 heteroatoms. The molecule has 1 N–H and O–H groups in total. The summed E-state index contributed by atoms with van der Waals surface area (Å²) in [7, 11) is 0. The monoisotopic (exact) mass is 384 g/mol. The average molecular weight is 385 g/mol. The SMILES string of the molecule is Cc1ccc(C(=O)CCC(=O)NCCC(=O)N2CCCc3ccccc32)s1. The lowest BCUT2D eigenvalue weighted by Gasteiger charge is -2.29. The van der Waals surface area contributed by atoms with Gasteiger partial charge in [-0.15, -0.1) is 11.3 Å². The number of Topliss-reactive ketones (excluding diaryl/α,β-unsaturated/α-hetero) is 1. The second kappa shape index (κ2) is 8.95. The maximum Gasteiger partial charge on any atom is 0.228 e. The number of anilines is 1. The first kappa shape index (κ1) is 19.3. The van der Waals surface area contributed by atoms with E-state index in [1.54, 1.807) is 6.07 Å². The Morgan fingerprint density at radius 2 is 1.89 bits per heavy atom.